The van der Waals surface area contributed by atoms with Gasteiger partial charge in [-0.25, -0.2) is 0 Å². The summed E-state index contributed by atoms with van der Waals surface area (Å²) >= 11 is 0. The molecule has 0 aliphatic heterocycles. The fourth-order valence-electron chi connectivity index (χ4n) is 1.87. The highest BCUT2D eigenvalue weighted by Gasteiger charge is 2.10. The predicted molar refractivity (Wildman–Crippen MR) is 70.8 cm³/mol. The quantitative estimate of drug-likeness (QED) is 0.563. The fourth-order valence-corrected chi connectivity index (χ4v) is 1.87. The Labute approximate surface area is 102 Å². The van der Waals surface area contributed by atoms with Crippen LogP contribution in [0.25, 0.3) is 0 Å². The van der Waals surface area contributed by atoms with Gasteiger partial charge in [0.15, 0.2) is 5.78 Å². The largest absolute Gasteiger partial charge is 0.289 e. The number of carbonyl (C=O) groups is 1. The lowest BCUT2D eigenvalue weighted by atomic mass is 9.89. The van der Waals surface area contributed by atoms with E-state index in [1.807, 2.05) is 48.6 Å². The van der Waals surface area contributed by atoms with Crippen LogP contribution in [0.4, 0.5) is 0 Å². The van der Waals surface area contributed by atoms with E-state index in [1.54, 1.807) is 6.08 Å². The minimum absolute atomic E-state index is 0.0701. The van der Waals surface area contributed by atoms with Crippen LogP contribution in [0.15, 0.2) is 66.8 Å². The van der Waals surface area contributed by atoms with Crippen molar-refractivity contribution in [3.63, 3.8) is 0 Å². The zero-order valence-corrected chi connectivity index (χ0v) is 9.91. The van der Waals surface area contributed by atoms with Gasteiger partial charge in [-0.05, 0) is 12.0 Å². The van der Waals surface area contributed by atoms with Crippen molar-refractivity contribution < 1.29 is 4.79 Å². The summed E-state index contributed by atoms with van der Waals surface area (Å²) in [6.07, 6.45) is 12.0. The first-order valence-corrected chi connectivity index (χ1v) is 5.90. The van der Waals surface area contributed by atoms with Crippen LogP contribution in [-0.2, 0) is 0 Å². The van der Waals surface area contributed by atoms with Crippen LogP contribution >= 0.6 is 0 Å². The van der Waals surface area contributed by atoms with Crippen LogP contribution in [0, 0.1) is 11.8 Å². The summed E-state index contributed by atoms with van der Waals surface area (Å²) in [5.41, 5.74) is 0.742. The number of benzene rings is 1. The lowest BCUT2D eigenvalue weighted by Gasteiger charge is -2.15. The Hall–Kier alpha value is -1.89. The monoisotopic (exact) mass is 224 g/mol. The Kier molecular flexibility index (Phi) is 3.71. The highest BCUT2D eigenvalue weighted by atomic mass is 16.1. The molecule has 17 heavy (non-hydrogen) atoms. The second kappa shape index (κ2) is 5.44. The fraction of sp³-hybridized carbons (Fsp3) is 0.188. The molecule has 0 radical (unpaired) electrons. The average Bonchev–Trinajstić information content (AvgIpc) is 2.38. The zero-order valence-electron chi connectivity index (χ0n) is 9.91. The molecule has 0 bridgehead atoms. The van der Waals surface area contributed by atoms with Crippen molar-refractivity contribution in [2.45, 2.75) is 6.92 Å². The summed E-state index contributed by atoms with van der Waals surface area (Å²) in [5, 5.41) is 0. The van der Waals surface area contributed by atoms with Crippen LogP contribution in [0.5, 0.6) is 0 Å². The molecule has 1 aromatic rings. The number of carbonyl (C=O) groups excluding carboxylic acids is 1. The van der Waals surface area contributed by atoms with Gasteiger partial charge in [0.2, 0.25) is 0 Å². The molecular weight excluding hydrogens is 208 g/mol. The van der Waals surface area contributed by atoms with Crippen LogP contribution in [0.1, 0.15) is 17.3 Å². The average molecular weight is 224 g/mol. The summed E-state index contributed by atoms with van der Waals surface area (Å²) in [5.74, 6) is 0.855. The van der Waals surface area contributed by atoms with Crippen LogP contribution in [0.2, 0.25) is 0 Å². The third kappa shape index (κ3) is 3.04. The summed E-state index contributed by atoms with van der Waals surface area (Å²) in [6, 6.07) is 9.36. The minimum Gasteiger partial charge on any atom is -0.289 e. The Morgan fingerprint density at radius 3 is 2.53 bits per heavy atom. The van der Waals surface area contributed by atoms with Gasteiger partial charge in [-0.2, -0.15) is 0 Å². The van der Waals surface area contributed by atoms with Gasteiger partial charge in [-0.15, -0.1) is 0 Å². The highest BCUT2D eigenvalue weighted by molar-refractivity contribution is 6.04. The maximum atomic E-state index is 11.9. The second-order valence-electron chi connectivity index (χ2n) is 4.30. The van der Waals surface area contributed by atoms with Crippen LogP contribution in [0.3, 0.4) is 0 Å². The molecule has 1 heteroatoms. The number of hydrogen-bond donors (Lipinski definition) is 0. The normalized spacial score (nSPS) is 23.1. The summed E-state index contributed by atoms with van der Waals surface area (Å²) < 4.78 is 0. The Bertz CT molecular complexity index is 466. The van der Waals surface area contributed by atoms with Crippen molar-refractivity contribution in [2.24, 2.45) is 11.8 Å². The first-order chi connectivity index (χ1) is 8.27. The van der Waals surface area contributed by atoms with E-state index >= 15 is 0 Å². The van der Waals surface area contributed by atoms with E-state index in [2.05, 4.69) is 19.1 Å². The minimum atomic E-state index is 0.0701. The molecule has 0 N–H and O–H groups in total. The number of rotatable bonds is 3. The number of ketones is 1. The molecule has 1 aliphatic rings. The topological polar surface area (TPSA) is 17.1 Å². The molecule has 1 nitrogen and oxygen atoms in total. The molecule has 0 saturated heterocycles. The Morgan fingerprint density at radius 2 is 1.82 bits per heavy atom. The Morgan fingerprint density at radius 1 is 1.12 bits per heavy atom. The molecule has 0 saturated carbocycles. The smallest absolute Gasteiger partial charge is 0.185 e. The van der Waals surface area contributed by atoms with Gasteiger partial charge in [0.05, 0.1) is 0 Å². The first-order valence-electron chi connectivity index (χ1n) is 5.90. The van der Waals surface area contributed by atoms with Crippen LogP contribution in [-0.4, -0.2) is 5.78 Å². The lowest BCUT2D eigenvalue weighted by molar-refractivity contribution is 0.104. The molecule has 2 unspecified atom stereocenters. The van der Waals surface area contributed by atoms with Gasteiger partial charge in [0.25, 0.3) is 0 Å². The van der Waals surface area contributed by atoms with Gasteiger partial charge < -0.3 is 0 Å². The third-order valence-corrected chi connectivity index (χ3v) is 2.99. The first kappa shape index (κ1) is 11.6. The van der Waals surface area contributed by atoms with E-state index in [4.69, 9.17) is 0 Å². The van der Waals surface area contributed by atoms with Crippen molar-refractivity contribution in [1.82, 2.24) is 0 Å². The molecule has 2 rings (SSSR count). The van der Waals surface area contributed by atoms with E-state index in [9.17, 15) is 4.79 Å². The zero-order chi connectivity index (χ0) is 12.1. The molecule has 0 amide bonds. The van der Waals surface area contributed by atoms with Gasteiger partial charge >= 0.3 is 0 Å². The molecular formula is C16H16O. The van der Waals surface area contributed by atoms with E-state index < -0.39 is 0 Å². The standard InChI is InChI=1S/C16H16O/c1-13-7-5-6-8-14(13)11-12-16(17)15-9-3-2-4-10-15/h2-14H,1H3. The molecule has 2 atom stereocenters. The predicted octanol–water partition coefficient (Wildman–Crippen LogP) is 3.80. The highest BCUT2D eigenvalue weighted by Crippen LogP contribution is 2.20. The second-order valence-corrected chi connectivity index (χ2v) is 4.30. The molecule has 1 aromatic carbocycles. The maximum Gasteiger partial charge on any atom is 0.185 e. The lowest BCUT2D eigenvalue weighted by Crippen LogP contribution is -2.06. The summed E-state index contributed by atoms with van der Waals surface area (Å²) in [6.45, 7) is 2.15. The van der Waals surface area contributed by atoms with E-state index in [-0.39, 0.29) is 5.78 Å². The van der Waals surface area contributed by atoms with Gasteiger partial charge in [0.1, 0.15) is 0 Å². The molecule has 0 fully saturated rings. The van der Waals surface area contributed by atoms with E-state index in [0.29, 0.717) is 11.8 Å². The number of hydrogen-bond acceptors (Lipinski definition) is 1. The SMILES string of the molecule is CC1C=CC=CC1C=CC(=O)c1ccccc1. The Balaban J connectivity index is 2.04. The van der Waals surface area contributed by atoms with Crippen molar-refractivity contribution in [3.8, 4) is 0 Å². The van der Waals surface area contributed by atoms with Crippen molar-refractivity contribution >= 4 is 5.78 Å². The molecule has 0 heterocycles. The van der Waals surface area contributed by atoms with Gasteiger partial charge in [0, 0.05) is 11.5 Å². The van der Waals surface area contributed by atoms with E-state index in [0.717, 1.165) is 5.56 Å². The number of allylic oxidation sites excluding steroid dienone is 6. The van der Waals surface area contributed by atoms with Gasteiger partial charge in [-0.1, -0.05) is 67.6 Å². The molecule has 0 aromatic heterocycles. The van der Waals surface area contributed by atoms with Gasteiger partial charge in [-0.3, -0.25) is 4.79 Å². The third-order valence-electron chi connectivity index (χ3n) is 2.99. The van der Waals surface area contributed by atoms with Crippen molar-refractivity contribution in [2.75, 3.05) is 0 Å². The summed E-state index contributed by atoms with van der Waals surface area (Å²) in [4.78, 5) is 11.9. The van der Waals surface area contributed by atoms with Crippen molar-refractivity contribution in [3.05, 3.63) is 72.4 Å². The maximum absolute atomic E-state index is 11.9. The summed E-state index contributed by atoms with van der Waals surface area (Å²) in [7, 11) is 0. The molecule has 1 aliphatic carbocycles. The van der Waals surface area contributed by atoms with Crippen LogP contribution < -0.4 is 0 Å². The van der Waals surface area contributed by atoms with Crippen molar-refractivity contribution in [1.29, 1.82) is 0 Å². The molecule has 86 valence electrons. The van der Waals surface area contributed by atoms with E-state index in [1.165, 1.54) is 0 Å². The molecule has 0 spiro atoms.